The Morgan fingerprint density at radius 3 is 2.52 bits per heavy atom. The summed E-state index contributed by atoms with van der Waals surface area (Å²) in [7, 11) is 1.48. The van der Waals surface area contributed by atoms with Gasteiger partial charge in [0.15, 0.2) is 5.78 Å². The lowest BCUT2D eigenvalue weighted by atomic mass is 9.90. The number of aliphatic hydroxyl groups excluding tert-OH is 2. The largest absolute Gasteiger partial charge is 0.392 e. The summed E-state index contributed by atoms with van der Waals surface area (Å²) < 4.78 is 5.30. The van der Waals surface area contributed by atoms with Crippen LogP contribution in [-0.2, 0) is 19.1 Å². The molecule has 178 valence electrons. The maximum atomic E-state index is 12.8. The molecule has 2 bridgehead atoms. The number of fused-ring (bicyclic) bond motifs is 2. The molecule has 4 unspecified atom stereocenters. The molecule has 33 heavy (non-hydrogen) atoms. The van der Waals surface area contributed by atoms with Gasteiger partial charge in [-0.2, -0.15) is 0 Å². The average molecular weight is 456 g/mol. The van der Waals surface area contributed by atoms with Crippen molar-refractivity contribution >= 4 is 17.5 Å². The van der Waals surface area contributed by atoms with Crippen molar-refractivity contribution in [1.29, 1.82) is 0 Å². The van der Waals surface area contributed by atoms with Gasteiger partial charge in [0.25, 0.3) is 0 Å². The van der Waals surface area contributed by atoms with E-state index >= 15 is 0 Å². The highest BCUT2D eigenvalue weighted by Crippen LogP contribution is 2.21. The second kappa shape index (κ2) is 13.0. The summed E-state index contributed by atoms with van der Waals surface area (Å²) in [6.07, 6.45) is 13.9. The third kappa shape index (κ3) is 8.20. The van der Waals surface area contributed by atoms with Crippen LogP contribution in [0.5, 0.6) is 0 Å². The summed E-state index contributed by atoms with van der Waals surface area (Å²) in [6.45, 7) is 3.55. The quantitative estimate of drug-likeness (QED) is 0.414. The molecule has 1 aliphatic heterocycles. The molecule has 1 heterocycles. The fourth-order valence-electron chi connectivity index (χ4n) is 3.58. The number of hydrogen-bond acceptors (Lipinski definition) is 6. The Bertz CT molecular complexity index is 921. The topological polar surface area (TPSA) is 113 Å². The Morgan fingerprint density at radius 2 is 1.79 bits per heavy atom. The number of amides is 1. The molecule has 1 amide bonds. The van der Waals surface area contributed by atoms with Gasteiger partial charge in [0, 0.05) is 24.7 Å². The van der Waals surface area contributed by atoms with E-state index in [-0.39, 0.29) is 30.2 Å². The lowest BCUT2D eigenvalue weighted by molar-refractivity contribution is -0.124. The second-order valence-electron chi connectivity index (χ2n) is 8.28. The van der Waals surface area contributed by atoms with E-state index in [0.717, 1.165) is 6.08 Å². The van der Waals surface area contributed by atoms with Gasteiger partial charge in [0.05, 0.1) is 30.4 Å². The number of methoxy groups -OCH3 is 1. The highest BCUT2D eigenvalue weighted by Gasteiger charge is 2.25. The van der Waals surface area contributed by atoms with E-state index in [1.807, 2.05) is 6.08 Å². The fourth-order valence-corrected chi connectivity index (χ4v) is 3.58. The first-order valence-corrected chi connectivity index (χ1v) is 11.1. The lowest BCUT2D eigenvalue weighted by Gasteiger charge is -2.24. The minimum atomic E-state index is -0.834. The summed E-state index contributed by atoms with van der Waals surface area (Å²) in [5.74, 6) is -1.58. The molecule has 0 aromatic carbocycles. The molecule has 7 nitrogen and oxygen atoms in total. The number of allylic oxidation sites excluding steroid dienone is 8. The van der Waals surface area contributed by atoms with Gasteiger partial charge < -0.3 is 20.3 Å². The predicted molar refractivity (Wildman–Crippen MR) is 126 cm³/mol. The van der Waals surface area contributed by atoms with Crippen LogP contribution in [0.15, 0.2) is 71.5 Å². The smallest absolute Gasteiger partial charge is 0.227 e. The third-order valence-electron chi connectivity index (χ3n) is 5.73. The standard InChI is InChI=1S/C26H33NO6/c1-17-10-9-11-19-14-20(28)15-22(26(19)32)27-24(30)16-21(33-3)12-7-5-4-6-8-13-23(29)18(2)25(17)31/h4-8,10,12,14-15,18,21,23,25,29,31H,9,11,13,16H2,1-3H3,(H,27,30). The first kappa shape index (κ1) is 26.4. The molecule has 0 radical (unpaired) electrons. The Morgan fingerprint density at radius 1 is 1.06 bits per heavy atom. The highest BCUT2D eigenvalue weighted by atomic mass is 16.5. The van der Waals surface area contributed by atoms with Crippen LogP contribution in [0.25, 0.3) is 0 Å². The maximum absolute atomic E-state index is 12.8. The number of rotatable bonds is 1. The minimum absolute atomic E-state index is 0.0154. The van der Waals surface area contributed by atoms with Crippen molar-refractivity contribution in [2.75, 3.05) is 7.11 Å². The molecule has 0 saturated heterocycles. The normalized spacial score (nSPS) is 28.4. The molecule has 4 atom stereocenters. The van der Waals surface area contributed by atoms with E-state index in [1.54, 1.807) is 50.3 Å². The van der Waals surface area contributed by atoms with Crippen LogP contribution < -0.4 is 5.32 Å². The zero-order valence-electron chi connectivity index (χ0n) is 19.4. The Labute approximate surface area is 194 Å². The van der Waals surface area contributed by atoms with E-state index in [2.05, 4.69) is 5.32 Å². The van der Waals surface area contributed by atoms with Gasteiger partial charge in [0.2, 0.25) is 11.7 Å². The van der Waals surface area contributed by atoms with Gasteiger partial charge in [-0.1, -0.05) is 49.5 Å². The van der Waals surface area contributed by atoms with Crippen molar-refractivity contribution in [3.8, 4) is 0 Å². The van der Waals surface area contributed by atoms with E-state index in [4.69, 9.17) is 4.74 Å². The monoisotopic (exact) mass is 455 g/mol. The van der Waals surface area contributed by atoms with Crippen molar-refractivity contribution in [2.24, 2.45) is 5.92 Å². The third-order valence-corrected chi connectivity index (χ3v) is 5.73. The molecule has 0 aromatic rings. The lowest BCUT2D eigenvalue weighted by Crippen LogP contribution is -2.32. The van der Waals surface area contributed by atoms with Crippen molar-refractivity contribution in [1.82, 2.24) is 5.32 Å². The first-order chi connectivity index (χ1) is 15.7. The SMILES string of the molecule is COC1C=CC=CC=CCC(O)C(C)C(O)C(C)=CCCC2=CC(=O)C=C(NC(=O)C1)C2=O. The van der Waals surface area contributed by atoms with Gasteiger partial charge in [-0.3, -0.25) is 14.4 Å². The van der Waals surface area contributed by atoms with Gasteiger partial charge >= 0.3 is 0 Å². The number of Topliss-reactive ketones (excluding diaryl/α,β-unsaturated/α-hetero) is 1. The van der Waals surface area contributed by atoms with Crippen molar-refractivity contribution < 1.29 is 29.3 Å². The maximum Gasteiger partial charge on any atom is 0.227 e. The van der Waals surface area contributed by atoms with E-state index in [0.29, 0.717) is 24.0 Å². The van der Waals surface area contributed by atoms with Crippen molar-refractivity contribution in [2.45, 2.75) is 57.8 Å². The number of hydrogen-bond donors (Lipinski definition) is 3. The zero-order chi connectivity index (χ0) is 24.4. The number of ketones is 2. The average Bonchev–Trinajstić information content (AvgIpc) is 2.78. The van der Waals surface area contributed by atoms with Crippen molar-refractivity contribution in [3.05, 3.63) is 71.5 Å². The van der Waals surface area contributed by atoms with Crippen LogP contribution in [0.3, 0.4) is 0 Å². The Kier molecular flexibility index (Phi) is 10.4. The second-order valence-corrected chi connectivity index (χ2v) is 8.28. The zero-order valence-corrected chi connectivity index (χ0v) is 19.4. The number of ether oxygens (including phenoxy) is 1. The van der Waals surface area contributed by atoms with Crippen LogP contribution in [0, 0.1) is 5.92 Å². The number of aliphatic hydroxyl groups is 2. The molecular weight excluding hydrogens is 422 g/mol. The molecule has 0 saturated carbocycles. The summed E-state index contributed by atoms with van der Waals surface area (Å²) in [6, 6.07) is 0. The molecule has 7 heteroatoms. The molecule has 0 fully saturated rings. The summed E-state index contributed by atoms with van der Waals surface area (Å²) in [5, 5.41) is 23.5. The van der Waals surface area contributed by atoms with E-state index < -0.39 is 30.0 Å². The molecule has 1 aliphatic carbocycles. The van der Waals surface area contributed by atoms with Crippen LogP contribution >= 0.6 is 0 Å². The van der Waals surface area contributed by atoms with E-state index in [1.165, 1.54) is 13.2 Å². The van der Waals surface area contributed by atoms with Crippen molar-refractivity contribution in [3.63, 3.8) is 0 Å². The highest BCUT2D eigenvalue weighted by molar-refractivity contribution is 6.21. The molecule has 2 rings (SSSR count). The van der Waals surface area contributed by atoms with Crippen LogP contribution in [0.2, 0.25) is 0 Å². The Balaban J connectivity index is 2.25. The molecule has 3 N–H and O–H groups in total. The van der Waals surface area contributed by atoms with Crippen LogP contribution in [0.4, 0.5) is 0 Å². The number of nitrogens with one attached hydrogen (secondary N) is 1. The van der Waals surface area contributed by atoms with Gasteiger partial charge in [-0.05, 0) is 37.8 Å². The van der Waals surface area contributed by atoms with Gasteiger partial charge in [-0.25, -0.2) is 0 Å². The molecule has 2 aliphatic rings. The number of carbonyl (C=O) groups is 3. The van der Waals surface area contributed by atoms with Crippen LogP contribution in [0.1, 0.15) is 39.5 Å². The Hall–Kier alpha value is -2.87. The van der Waals surface area contributed by atoms with Crippen LogP contribution in [-0.4, -0.2) is 53.1 Å². The molecule has 0 spiro atoms. The van der Waals surface area contributed by atoms with Gasteiger partial charge in [-0.15, -0.1) is 0 Å². The van der Waals surface area contributed by atoms with Gasteiger partial charge in [0.1, 0.15) is 0 Å². The number of carbonyl (C=O) groups excluding carboxylic acids is 3. The van der Waals surface area contributed by atoms with E-state index in [9.17, 15) is 24.6 Å². The first-order valence-electron chi connectivity index (χ1n) is 11.1. The fraction of sp³-hybridized carbons (Fsp3) is 0.423. The minimum Gasteiger partial charge on any atom is -0.392 e. The molecule has 0 aromatic heterocycles. The molecular formula is C26H33NO6. The summed E-state index contributed by atoms with van der Waals surface area (Å²) in [5.41, 5.74) is 0.940. The predicted octanol–water partition coefficient (Wildman–Crippen LogP) is 2.63. The summed E-state index contributed by atoms with van der Waals surface area (Å²) >= 11 is 0. The summed E-state index contributed by atoms with van der Waals surface area (Å²) in [4.78, 5) is 37.3.